The van der Waals surface area contributed by atoms with Crippen molar-refractivity contribution in [2.24, 2.45) is 0 Å². The summed E-state index contributed by atoms with van der Waals surface area (Å²) in [7, 11) is 1.10. The number of aryl methyl sites for hydroxylation is 2. The molecule has 0 aliphatic heterocycles. The largest absolute Gasteiger partial charge is 0.465 e. The minimum atomic E-state index is -4.61. The van der Waals surface area contributed by atoms with E-state index in [0.29, 0.717) is 11.1 Å². The smallest absolute Gasteiger partial charge is 0.433 e. The van der Waals surface area contributed by atoms with E-state index in [1.54, 1.807) is 0 Å². The average molecular weight is 401 g/mol. The first-order valence-electron chi connectivity index (χ1n) is 8.23. The fourth-order valence-corrected chi connectivity index (χ4v) is 3.13. The molecular formula is C18H16F5N3O2. The summed E-state index contributed by atoms with van der Waals surface area (Å²) in [5, 5.41) is 4.24. The predicted octanol–water partition coefficient (Wildman–Crippen LogP) is 4.11. The number of ether oxygens (including phenoxy) is 1. The molecule has 0 bridgehead atoms. The van der Waals surface area contributed by atoms with E-state index in [1.165, 1.54) is 23.6 Å². The van der Waals surface area contributed by atoms with Crippen LogP contribution in [0.5, 0.6) is 0 Å². The van der Waals surface area contributed by atoms with E-state index in [0.717, 1.165) is 23.9 Å². The molecule has 0 saturated carbocycles. The number of esters is 1. The van der Waals surface area contributed by atoms with Crippen LogP contribution in [0.2, 0.25) is 0 Å². The number of carbonyl (C=O) groups excluding carboxylic acids is 1. The standard InChI is InChI=1S/C18H16F5N3O2/c1-10-5-16(18(21,22)23)26(24-10)9-12-6-11-7-13(17(27)28-2)14(20)8-15(11)25(12)4-3-19/h5-8H,3-4,9H2,1-2H3. The van der Waals surface area contributed by atoms with Crippen LogP contribution in [0.25, 0.3) is 10.9 Å². The molecule has 0 fully saturated rings. The number of rotatable bonds is 5. The average Bonchev–Trinajstić information content (AvgIpc) is 3.14. The van der Waals surface area contributed by atoms with Crippen LogP contribution in [0.15, 0.2) is 24.3 Å². The summed E-state index contributed by atoms with van der Waals surface area (Å²) in [4.78, 5) is 11.7. The van der Waals surface area contributed by atoms with Gasteiger partial charge in [-0.2, -0.15) is 18.3 Å². The first kappa shape index (κ1) is 19.8. The van der Waals surface area contributed by atoms with Gasteiger partial charge in [0, 0.05) is 11.1 Å². The molecule has 0 unspecified atom stereocenters. The van der Waals surface area contributed by atoms with Crippen molar-refractivity contribution < 1.29 is 31.5 Å². The lowest BCUT2D eigenvalue weighted by atomic mass is 10.1. The van der Waals surface area contributed by atoms with Gasteiger partial charge in [-0.05, 0) is 31.2 Å². The third-order valence-electron chi connectivity index (χ3n) is 4.29. The summed E-state index contributed by atoms with van der Waals surface area (Å²) < 4.78 is 73.6. The van der Waals surface area contributed by atoms with Crippen LogP contribution in [-0.2, 0) is 24.0 Å². The topological polar surface area (TPSA) is 49.1 Å². The number of halogens is 5. The Balaban J connectivity index is 2.13. The van der Waals surface area contributed by atoms with E-state index < -0.39 is 30.3 Å². The summed E-state index contributed by atoms with van der Waals surface area (Å²) in [5.74, 6) is -1.75. The van der Waals surface area contributed by atoms with Crippen LogP contribution < -0.4 is 0 Å². The Morgan fingerprint density at radius 1 is 1.21 bits per heavy atom. The summed E-state index contributed by atoms with van der Waals surface area (Å²) in [6.07, 6.45) is -4.61. The van der Waals surface area contributed by atoms with Crippen molar-refractivity contribution in [1.82, 2.24) is 14.3 Å². The lowest BCUT2D eigenvalue weighted by molar-refractivity contribution is -0.144. The number of aromatic nitrogens is 3. The van der Waals surface area contributed by atoms with Crippen LogP contribution in [-0.4, -0.2) is 34.1 Å². The van der Waals surface area contributed by atoms with E-state index >= 15 is 0 Å². The van der Waals surface area contributed by atoms with Crippen molar-refractivity contribution in [1.29, 1.82) is 0 Å². The monoisotopic (exact) mass is 401 g/mol. The third kappa shape index (κ3) is 3.58. The second-order valence-electron chi connectivity index (χ2n) is 6.19. The number of hydrogen-bond acceptors (Lipinski definition) is 3. The molecule has 0 atom stereocenters. The Morgan fingerprint density at radius 2 is 1.93 bits per heavy atom. The molecule has 150 valence electrons. The van der Waals surface area contributed by atoms with Gasteiger partial charge in [-0.1, -0.05) is 0 Å². The lowest BCUT2D eigenvalue weighted by Crippen LogP contribution is -2.17. The maximum absolute atomic E-state index is 14.3. The molecular weight excluding hydrogens is 385 g/mol. The van der Waals surface area contributed by atoms with E-state index in [1.807, 2.05) is 0 Å². The molecule has 3 aromatic rings. The van der Waals surface area contributed by atoms with Crippen LogP contribution in [0.4, 0.5) is 22.0 Å². The van der Waals surface area contributed by atoms with Crippen LogP contribution in [0.3, 0.4) is 0 Å². The van der Waals surface area contributed by atoms with Gasteiger partial charge in [0.05, 0.1) is 37.0 Å². The van der Waals surface area contributed by atoms with Crippen molar-refractivity contribution in [2.75, 3.05) is 13.8 Å². The SMILES string of the molecule is COC(=O)c1cc2cc(Cn3nc(C)cc3C(F)(F)F)n(CCF)c2cc1F. The normalized spacial score (nSPS) is 12.0. The maximum Gasteiger partial charge on any atom is 0.433 e. The van der Waals surface area contributed by atoms with Crippen molar-refractivity contribution >= 4 is 16.9 Å². The molecule has 5 nitrogen and oxygen atoms in total. The molecule has 0 N–H and O–H groups in total. The van der Waals surface area contributed by atoms with Crippen LogP contribution in [0, 0.1) is 12.7 Å². The number of methoxy groups -OCH3 is 1. The second kappa shape index (κ2) is 7.25. The fourth-order valence-electron chi connectivity index (χ4n) is 3.13. The molecule has 10 heteroatoms. The number of fused-ring (bicyclic) bond motifs is 1. The number of nitrogens with zero attached hydrogens (tertiary/aromatic N) is 3. The van der Waals surface area contributed by atoms with Gasteiger partial charge in [0.2, 0.25) is 0 Å². The molecule has 0 aliphatic carbocycles. The second-order valence-corrected chi connectivity index (χ2v) is 6.19. The number of hydrogen-bond donors (Lipinski definition) is 0. The Hall–Kier alpha value is -2.91. The van der Waals surface area contributed by atoms with Crippen molar-refractivity contribution in [3.05, 3.63) is 52.7 Å². The highest BCUT2D eigenvalue weighted by Crippen LogP contribution is 2.31. The van der Waals surface area contributed by atoms with Crippen molar-refractivity contribution in [3.8, 4) is 0 Å². The van der Waals surface area contributed by atoms with Crippen LogP contribution in [0.1, 0.15) is 27.4 Å². The third-order valence-corrected chi connectivity index (χ3v) is 4.29. The molecule has 2 heterocycles. The van der Waals surface area contributed by atoms with Gasteiger partial charge in [0.1, 0.15) is 18.2 Å². The van der Waals surface area contributed by atoms with E-state index in [9.17, 15) is 26.7 Å². The van der Waals surface area contributed by atoms with Gasteiger partial charge in [-0.25, -0.2) is 13.6 Å². The summed E-state index contributed by atoms with van der Waals surface area (Å²) >= 11 is 0. The summed E-state index contributed by atoms with van der Waals surface area (Å²) in [5.41, 5.74) is -0.522. The zero-order valence-corrected chi connectivity index (χ0v) is 15.0. The van der Waals surface area contributed by atoms with E-state index in [-0.39, 0.29) is 29.9 Å². The van der Waals surface area contributed by atoms with Crippen molar-refractivity contribution in [3.63, 3.8) is 0 Å². The Morgan fingerprint density at radius 3 is 2.54 bits per heavy atom. The lowest BCUT2D eigenvalue weighted by Gasteiger charge is -2.13. The summed E-state index contributed by atoms with van der Waals surface area (Å²) in [6.45, 7) is 0.145. The molecule has 0 aliphatic rings. The minimum Gasteiger partial charge on any atom is -0.465 e. The maximum atomic E-state index is 14.3. The van der Waals surface area contributed by atoms with Crippen molar-refractivity contribution in [2.45, 2.75) is 26.2 Å². The molecule has 0 radical (unpaired) electrons. The molecule has 28 heavy (non-hydrogen) atoms. The fraction of sp³-hybridized carbons (Fsp3) is 0.333. The first-order valence-corrected chi connectivity index (χ1v) is 8.23. The van der Waals surface area contributed by atoms with Crippen LogP contribution >= 0.6 is 0 Å². The van der Waals surface area contributed by atoms with Gasteiger partial charge < -0.3 is 9.30 Å². The number of alkyl halides is 4. The van der Waals surface area contributed by atoms with E-state index in [2.05, 4.69) is 9.84 Å². The highest BCUT2D eigenvalue weighted by molar-refractivity contribution is 5.95. The highest BCUT2D eigenvalue weighted by Gasteiger charge is 2.35. The Bertz CT molecular complexity index is 1040. The molecule has 0 spiro atoms. The molecule has 0 saturated heterocycles. The highest BCUT2D eigenvalue weighted by atomic mass is 19.4. The quantitative estimate of drug-likeness (QED) is 0.478. The Labute approximate surface area is 156 Å². The molecule has 2 aromatic heterocycles. The van der Waals surface area contributed by atoms with Gasteiger partial charge in [-0.3, -0.25) is 4.68 Å². The van der Waals surface area contributed by atoms with Gasteiger partial charge in [-0.15, -0.1) is 0 Å². The molecule has 0 amide bonds. The summed E-state index contributed by atoms with van der Waals surface area (Å²) in [6, 6.07) is 4.67. The minimum absolute atomic E-state index is 0.180. The number of carbonyl (C=O) groups is 1. The van der Waals surface area contributed by atoms with Gasteiger partial charge in [0.15, 0.2) is 0 Å². The van der Waals surface area contributed by atoms with Gasteiger partial charge >= 0.3 is 12.1 Å². The van der Waals surface area contributed by atoms with Gasteiger partial charge in [0.25, 0.3) is 0 Å². The molecule has 1 aromatic carbocycles. The number of benzene rings is 1. The Kier molecular flexibility index (Phi) is 5.14. The molecule has 3 rings (SSSR count). The zero-order chi connectivity index (χ0) is 20.6. The zero-order valence-electron chi connectivity index (χ0n) is 15.0. The first-order chi connectivity index (χ1) is 13.2. The predicted molar refractivity (Wildman–Crippen MR) is 90.3 cm³/mol. The van der Waals surface area contributed by atoms with E-state index in [4.69, 9.17) is 0 Å².